The number of ketones is 1. The summed E-state index contributed by atoms with van der Waals surface area (Å²) in [6.07, 6.45) is 3.26. The molecule has 2 heteroatoms. The molecule has 0 aromatic carbocycles. The third kappa shape index (κ3) is 3.50. The molecule has 2 nitrogen and oxygen atoms in total. The highest BCUT2D eigenvalue weighted by atomic mass is 16.1. The van der Waals surface area contributed by atoms with Gasteiger partial charge in [0.2, 0.25) is 0 Å². The lowest BCUT2D eigenvalue weighted by Gasteiger charge is -1.94. The Kier molecular flexibility index (Phi) is 4.11. The SMILES string of the molecule is C=C/C(=C\C(C)=NC)C(C)=O. The molecule has 0 heterocycles. The van der Waals surface area contributed by atoms with E-state index in [2.05, 4.69) is 11.6 Å². The van der Waals surface area contributed by atoms with Crippen LogP contribution in [0.4, 0.5) is 0 Å². The Morgan fingerprint density at radius 2 is 2.00 bits per heavy atom. The highest BCUT2D eigenvalue weighted by Crippen LogP contribution is 1.97. The second-order valence-electron chi connectivity index (χ2n) is 2.22. The predicted octanol–water partition coefficient (Wildman–Crippen LogP) is 1.78. The van der Waals surface area contributed by atoms with Crippen molar-refractivity contribution in [1.29, 1.82) is 0 Å². The maximum atomic E-state index is 10.8. The monoisotopic (exact) mass is 151 g/mol. The van der Waals surface area contributed by atoms with Gasteiger partial charge in [0.15, 0.2) is 5.78 Å². The van der Waals surface area contributed by atoms with E-state index in [-0.39, 0.29) is 5.78 Å². The van der Waals surface area contributed by atoms with Gasteiger partial charge in [-0.25, -0.2) is 0 Å². The van der Waals surface area contributed by atoms with Gasteiger partial charge < -0.3 is 0 Å². The van der Waals surface area contributed by atoms with Gasteiger partial charge in [-0.3, -0.25) is 9.79 Å². The third-order valence-electron chi connectivity index (χ3n) is 1.34. The zero-order valence-electron chi connectivity index (χ0n) is 7.22. The van der Waals surface area contributed by atoms with Gasteiger partial charge in [-0.1, -0.05) is 12.7 Å². The molecule has 0 amide bonds. The van der Waals surface area contributed by atoms with Crippen molar-refractivity contribution in [2.24, 2.45) is 4.99 Å². The molecule has 0 N–H and O–H groups in total. The van der Waals surface area contributed by atoms with Crippen molar-refractivity contribution < 1.29 is 4.79 Å². The van der Waals surface area contributed by atoms with E-state index in [9.17, 15) is 4.79 Å². The molecule has 0 unspecified atom stereocenters. The topological polar surface area (TPSA) is 29.4 Å². The Labute approximate surface area is 67.3 Å². The Balaban J connectivity index is 4.62. The molecule has 0 atom stereocenters. The molecule has 0 aliphatic heterocycles. The van der Waals surface area contributed by atoms with E-state index in [0.717, 1.165) is 5.71 Å². The van der Waals surface area contributed by atoms with Crippen molar-refractivity contribution in [3.63, 3.8) is 0 Å². The van der Waals surface area contributed by atoms with Crippen molar-refractivity contribution >= 4 is 11.5 Å². The summed E-state index contributed by atoms with van der Waals surface area (Å²) < 4.78 is 0. The van der Waals surface area contributed by atoms with Crippen LogP contribution in [0.3, 0.4) is 0 Å². The number of hydrogen-bond acceptors (Lipinski definition) is 2. The third-order valence-corrected chi connectivity index (χ3v) is 1.34. The minimum atomic E-state index is 0.0167. The molecule has 11 heavy (non-hydrogen) atoms. The summed E-state index contributed by atoms with van der Waals surface area (Å²) in [6, 6.07) is 0. The van der Waals surface area contributed by atoms with Crippen LogP contribution < -0.4 is 0 Å². The first kappa shape index (κ1) is 9.82. The fraction of sp³-hybridized carbons (Fsp3) is 0.333. The molecule has 0 aliphatic carbocycles. The zero-order valence-corrected chi connectivity index (χ0v) is 7.22. The van der Waals surface area contributed by atoms with Gasteiger partial charge >= 0.3 is 0 Å². The fourth-order valence-electron chi connectivity index (χ4n) is 0.594. The Morgan fingerprint density at radius 1 is 1.45 bits per heavy atom. The first-order valence-corrected chi connectivity index (χ1v) is 3.40. The van der Waals surface area contributed by atoms with E-state index >= 15 is 0 Å². The Morgan fingerprint density at radius 3 is 2.27 bits per heavy atom. The van der Waals surface area contributed by atoms with Gasteiger partial charge in [-0.05, 0) is 19.9 Å². The lowest BCUT2D eigenvalue weighted by atomic mass is 10.1. The largest absolute Gasteiger partial charge is 0.295 e. The van der Waals surface area contributed by atoms with Crippen molar-refractivity contribution in [3.05, 3.63) is 24.3 Å². The molecule has 0 saturated heterocycles. The molecule has 0 fully saturated rings. The van der Waals surface area contributed by atoms with Crippen LogP contribution in [0, 0.1) is 0 Å². The fourth-order valence-corrected chi connectivity index (χ4v) is 0.594. The predicted molar refractivity (Wildman–Crippen MR) is 48.0 cm³/mol. The summed E-state index contributed by atoms with van der Waals surface area (Å²) in [7, 11) is 1.69. The number of Topliss-reactive ketones (excluding diaryl/α,β-unsaturated/α-hetero) is 1. The van der Waals surface area contributed by atoms with E-state index in [1.165, 1.54) is 13.0 Å². The van der Waals surface area contributed by atoms with Crippen molar-refractivity contribution in [3.8, 4) is 0 Å². The number of allylic oxidation sites excluding steroid dienone is 3. The second kappa shape index (κ2) is 4.61. The van der Waals surface area contributed by atoms with Gasteiger partial charge in [0.25, 0.3) is 0 Å². The number of nitrogens with zero attached hydrogens (tertiary/aromatic N) is 1. The first-order chi connectivity index (χ1) is 5.11. The van der Waals surface area contributed by atoms with Crippen LogP contribution in [0.25, 0.3) is 0 Å². The van der Waals surface area contributed by atoms with Crippen molar-refractivity contribution in [1.82, 2.24) is 0 Å². The van der Waals surface area contributed by atoms with Crippen LogP contribution in [0.5, 0.6) is 0 Å². The highest BCUT2D eigenvalue weighted by Gasteiger charge is 1.97. The maximum Gasteiger partial charge on any atom is 0.159 e. The van der Waals surface area contributed by atoms with Gasteiger partial charge in [-0.2, -0.15) is 0 Å². The normalized spacial score (nSPS) is 13.0. The van der Waals surface area contributed by atoms with Crippen LogP contribution in [0.1, 0.15) is 13.8 Å². The van der Waals surface area contributed by atoms with Crippen LogP contribution in [-0.4, -0.2) is 18.5 Å². The number of aliphatic imine (C=N–C) groups is 1. The lowest BCUT2D eigenvalue weighted by molar-refractivity contribution is -0.113. The molecular weight excluding hydrogens is 138 g/mol. The van der Waals surface area contributed by atoms with Crippen molar-refractivity contribution in [2.45, 2.75) is 13.8 Å². The molecule has 60 valence electrons. The average molecular weight is 151 g/mol. The van der Waals surface area contributed by atoms with Gasteiger partial charge in [-0.15, -0.1) is 0 Å². The van der Waals surface area contributed by atoms with E-state index < -0.39 is 0 Å². The zero-order chi connectivity index (χ0) is 8.85. The van der Waals surface area contributed by atoms with Gasteiger partial charge in [0.05, 0.1) is 0 Å². The molecule has 0 bridgehead atoms. The van der Waals surface area contributed by atoms with Crippen molar-refractivity contribution in [2.75, 3.05) is 7.05 Å². The van der Waals surface area contributed by atoms with E-state index in [1.807, 2.05) is 6.92 Å². The minimum absolute atomic E-state index is 0.0167. The highest BCUT2D eigenvalue weighted by molar-refractivity contribution is 6.04. The van der Waals surface area contributed by atoms with Gasteiger partial charge in [0.1, 0.15) is 0 Å². The molecule has 0 aromatic rings. The number of carbonyl (C=O) groups excluding carboxylic acids is 1. The molecule has 0 radical (unpaired) electrons. The summed E-state index contributed by atoms with van der Waals surface area (Å²) >= 11 is 0. The standard InChI is InChI=1S/C9H13NO/c1-5-9(8(3)11)6-7(2)10-4/h5-6H,1H2,2-4H3/b9-6+,10-7?. The Hall–Kier alpha value is -1.18. The molecule has 0 aliphatic rings. The average Bonchev–Trinajstić information content (AvgIpc) is 1.99. The number of hydrogen-bond donors (Lipinski definition) is 0. The van der Waals surface area contributed by atoms with Gasteiger partial charge in [0, 0.05) is 18.3 Å². The molecule has 0 spiro atoms. The lowest BCUT2D eigenvalue weighted by Crippen LogP contribution is -1.96. The summed E-state index contributed by atoms with van der Waals surface area (Å²) in [5.41, 5.74) is 1.43. The second-order valence-corrected chi connectivity index (χ2v) is 2.22. The molecule has 0 aromatic heterocycles. The maximum absolute atomic E-state index is 10.8. The summed E-state index contributed by atoms with van der Waals surface area (Å²) in [5, 5.41) is 0. The number of carbonyl (C=O) groups is 1. The van der Waals surface area contributed by atoms with E-state index in [0.29, 0.717) is 5.57 Å². The first-order valence-electron chi connectivity index (χ1n) is 3.40. The van der Waals surface area contributed by atoms with Crippen LogP contribution in [-0.2, 0) is 4.79 Å². The van der Waals surface area contributed by atoms with Crippen LogP contribution >= 0.6 is 0 Å². The molecule has 0 saturated carbocycles. The van der Waals surface area contributed by atoms with E-state index in [4.69, 9.17) is 0 Å². The van der Waals surface area contributed by atoms with E-state index in [1.54, 1.807) is 13.1 Å². The quantitative estimate of drug-likeness (QED) is 0.343. The number of rotatable bonds is 3. The van der Waals surface area contributed by atoms with Crippen LogP contribution in [0.15, 0.2) is 29.3 Å². The molecule has 0 rings (SSSR count). The molecular formula is C9H13NO. The minimum Gasteiger partial charge on any atom is -0.295 e. The summed E-state index contributed by atoms with van der Waals surface area (Å²) in [6.45, 7) is 6.88. The summed E-state index contributed by atoms with van der Waals surface area (Å²) in [5.74, 6) is 0.0167. The smallest absolute Gasteiger partial charge is 0.159 e. The van der Waals surface area contributed by atoms with Crippen LogP contribution in [0.2, 0.25) is 0 Å². The summed E-state index contributed by atoms with van der Waals surface area (Å²) in [4.78, 5) is 14.7. The Bertz CT molecular complexity index is 224.